The van der Waals surface area contributed by atoms with Gasteiger partial charge in [-0.05, 0) is 55.9 Å². The molecule has 0 spiro atoms. The molecule has 140 valence electrons. The summed E-state index contributed by atoms with van der Waals surface area (Å²) >= 11 is 0. The van der Waals surface area contributed by atoms with Gasteiger partial charge in [-0.15, -0.1) is 0 Å². The highest BCUT2D eigenvalue weighted by Crippen LogP contribution is 2.61. The molecule has 2 unspecified atom stereocenters. The van der Waals surface area contributed by atoms with E-state index >= 15 is 0 Å². The monoisotopic (exact) mass is 357 g/mol. The van der Waals surface area contributed by atoms with Gasteiger partial charge in [0.25, 0.3) is 5.91 Å². The number of carbonyl (C=O) groups excluding carboxylic acids is 2. The van der Waals surface area contributed by atoms with Crippen molar-refractivity contribution in [1.29, 1.82) is 0 Å². The van der Waals surface area contributed by atoms with Gasteiger partial charge in [0.05, 0.1) is 11.0 Å². The Morgan fingerprint density at radius 1 is 1.15 bits per heavy atom. The molecule has 0 aliphatic heterocycles. The Morgan fingerprint density at radius 2 is 1.81 bits per heavy atom. The quantitative estimate of drug-likeness (QED) is 0.823. The van der Waals surface area contributed by atoms with Crippen LogP contribution in [0.3, 0.4) is 0 Å². The summed E-state index contributed by atoms with van der Waals surface area (Å²) < 4.78 is 5.45. The molecule has 5 rings (SSSR count). The fourth-order valence-electron chi connectivity index (χ4n) is 5.79. The number of aliphatic hydroxyl groups is 1. The second-order valence-corrected chi connectivity index (χ2v) is 8.78. The number of benzene rings is 1. The topological polar surface area (TPSA) is 66.8 Å². The van der Waals surface area contributed by atoms with Crippen molar-refractivity contribution in [2.75, 3.05) is 13.7 Å². The van der Waals surface area contributed by atoms with Crippen LogP contribution < -0.4 is 0 Å². The summed E-state index contributed by atoms with van der Waals surface area (Å²) in [6.45, 7) is 0.268. The maximum Gasteiger partial charge on any atom is 0.312 e. The molecule has 1 amide bonds. The number of amides is 1. The maximum absolute atomic E-state index is 12.8. The third kappa shape index (κ3) is 3.25. The van der Waals surface area contributed by atoms with Crippen LogP contribution in [-0.2, 0) is 20.9 Å². The average Bonchev–Trinajstić information content (AvgIpc) is 2.58. The molecular formula is C21H27NO4. The lowest BCUT2D eigenvalue weighted by molar-refractivity contribution is -0.196. The van der Waals surface area contributed by atoms with E-state index < -0.39 is 11.0 Å². The van der Waals surface area contributed by atoms with Crippen LogP contribution in [0.2, 0.25) is 0 Å². The Hall–Kier alpha value is -1.88. The van der Waals surface area contributed by atoms with Crippen molar-refractivity contribution in [1.82, 2.24) is 4.90 Å². The molecule has 4 aliphatic rings. The predicted octanol–water partition coefficient (Wildman–Crippen LogP) is 2.52. The van der Waals surface area contributed by atoms with E-state index in [9.17, 15) is 14.7 Å². The summed E-state index contributed by atoms with van der Waals surface area (Å²) in [6.07, 6.45) is 4.86. The number of hydrogen-bond donors (Lipinski definition) is 1. The van der Waals surface area contributed by atoms with Crippen molar-refractivity contribution >= 4 is 11.9 Å². The molecule has 0 heterocycles. The van der Waals surface area contributed by atoms with E-state index in [4.69, 9.17) is 4.74 Å². The summed E-state index contributed by atoms with van der Waals surface area (Å²) in [7, 11) is 1.72. The Balaban J connectivity index is 1.34. The summed E-state index contributed by atoms with van der Waals surface area (Å²) in [6, 6.07) is 9.74. The highest BCUT2D eigenvalue weighted by Gasteiger charge is 2.60. The number of likely N-dealkylation sites (N-methyl/N-ethyl adjacent to an activating group) is 1. The van der Waals surface area contributed by atoms with Gasteiger partial charge in [0.2, 0.25) is 0 Å². The minimum Gasteiger partial charge on any atom is -0.455 e. The molecule has 4 fully saturated rings. The van der Waals surface area contributed by atoms with Crippen molar-refractivity contribution in [3.05, 3.63) is 35.9 Å². The first-order chi connectivity index (χ1) is 12.4. The minimum absolute atomic E-state index is 0.203. The summed E-state index contributed by atoms with van der Waals surface area (Å²) in [5.41, 5.74) is -0.230. The zero-order chi connectivity index (χ0) is 18.4. The molecule has 26 heavy (non-hydrogen) atoms. The van der Waals surface area contributed by atoms with Crippen LogP contribution in [0.4, 0.5) is 0 Å². The van der Waals surface area contributed by atoms with Gasteiger partial charge in [-0.25, -0.2) is 0 Å². The van der Waals surface area contributed by atoms with Gasteiger partial charge in [-0.3, -0.25) is 9.59 Å². The number of ether oxygens (including phenoxy) is 1. The van der Waals surface area contributed by atoms with Gasteiger partial charge in [-0.2, -0.15) is 0 Å². The summed E-state index contributed by atoms with van der Waals surface area (Å²) in [4.78, 5) is 26.7. The molecule has 0 aromatic heterocycles. The van der Waals surface area contributed by atoms with Crippen molar-refractivity contribution in [2.45, 2.75) is 50.7 Å². The SMILES string of the molecule is CN(Cc1ccccc1)C(=O)COC(=O)C12C[C@@H]3C[C@@H](CC(O)(C3)C1)C2. The standard InChI is InChI=1S/C21H27NO4/c1-22(12-15-5-3-2-4-6-15)18(23)13-26-19(24)20-8-16-7-17(9-20)11-21(25,10-16)14-20/h2-6,16-17,25H,7-14H2,1H3/t16-,17+,20?,21?. The highest BCUT2D eigenvalue weighted by molar-refractivity contribution is 5.83. The Labute approximate surface area is 154 Å². The van der Waals surface area contributed by atoms with Gasteiger partial charge < -0.3 is 14.7 Å². The molecule has 4 aliphatic carbocycles. The number of esters is 1. The summed E-state index contributed by atoms with van der Waals surface area (Å²) in [5.74, 6) is 0.354. The van der Waals surface area contributed by atoms with Crippen LogP contribution >= 0.6 is 0 Å². The van der Waals surface area contributed by atoms with Gasteiger partial charge in [0, 0.05) is 13.6 Å². The van der Waals surface area contributed by atoms with Gasteiger partial charge >= 0.3 is 5.97 Å². The van der Waals surface area contributed by atoms with E-state index in [0.717, 1.165) is 37.7 Å². The van der Waals surface area contributed by atoms with Crippen LogP contribution in [0, 0.1) is 17.3 Å². The molecule has 4 bridgehead atoms. The molecule has 4 saturated carbocycles. The first-order valence-electron chi connectivity index (χ1n) is 9.55. The normalized spacial score (nSPS) is 34.5. The summed E-state index contributed by atoms with van der Waals surface area (Å²) in [5, 5.41) is 10.8. The number of hydrogen-bond acceptors (Lipinski definition) is 4. The van der Waals surface area contributed by atoms with Crippen LogP contribution in [0.1, 0.15) is 44.1 Å². The first kappa shape index (κ1) is 17.5. The third-order valence-electron chi connectivity index (χ3n) is 6.48. The largest absolute Gasteiger partial charge is 0.455 e. The van der Waals surface area contributed by atoms with Crippen molar-refractivity contribution in [2.24, 2.45) is 17.3 Å². The van der Waals surface area contributed by atoms with Crippen molar-refractivity contribution in [3.63, 3.8) is 0 Å². The number of nitrogens with zero attached hydrogens (tertiary/aromatic N) is 1. The van der Waals surface area contributed by atoms with Crippen LogP contribution in [-0.4, -0.2) is 41.1 Å². The van der Waals surface area contributed by atoms with E-state index in [0.29, 0.717) is 24.8 Å². The van der Waals surface area contributed by atoms with Crippen LogP contribution in [0.25, 0.3) is 0 Å². The first-order valence-corrected chi connectivity index (χ1v) is 9.55. The third-order valence-corrected chi connectivity index (χ3v) is 6.48. The average molecular weight is 357 g/mol. The van der Waals surface area contributed by atoms with Gasteiger partial charge in [0.15, 0.2) is 6.61 Å². The number of rotatable bonds is 5. The molecule has 1 N–H and O–H groups in total. The molecule has 1 aromatic rings. The molecule has 0 radical (unpaired) electrons. The second kappa shape index (κ2) is 6.38. The lowest BCUT2D eigenvalue weighted by atomic mass is 9.48. The molecule has 5 nitrogen and oxygen atoms in total. The molecule has 4 atom stereocenters. The van der Waals surface area contributed by atoms with E-state index in [2.05, 4.69) is 0 Å². The zero-order valence-corrected chi connectivity index (χ0v) is 15.3. The van der Waals surface area contributed by atoms with E-state index in [1.165, 1.54) is 0 Å². The molecule has 1 aromatic carbocycles. The van der Waals surface area contributed by atoms with Gasteiger partial charge in [0.1, 0.15) is 0 Å². The van der Waals surface area contributed by atoms with E-state index in [1.54, 1.807) is 11.9 Å². The lowest BCUT2D eigenvalue weighted by Crippen LogP contribution is -2.58. The van der Waals surface area contributed by atoms with E-state index in [1.807, 2.05) is 30.3 Å². The van der Waals surface area contributed by atoms with Crippen molar-refractivity contribution < 1.29 is 19.4 Å². The van der Waals surface area contributed by atoms with Crippen molar-refractivity contribution in [3.8, 4) is 0 Å². The predicted molar refractivity (Wildman–Crippen MR) is 95.9 cm³/mol. The van der Waals surface area contributed by atoms with Crippen LogP contribution in [0.5, 0.6) is 0 Å². The van der Waals surface area contributed by atoms with E-state index in [-0.39, 0.29) is 18.5 Å². The highest BCUT2D eigenvalue weighted by atomic mass is 16.5. The Bertz CT molecular complexity index is 687. The minimum atomic E-state index is -0.697. The number of carbonyl (C=O) groups is 2. The van der Waals surface area contributed by atoms with Crippen LogP contribution in [0.15, 0.2) is 30.3 Å². The zero-order valence-electron chi connectivity index (χ0n) is 15.3. The molecule has 5 heteroatoms. The fourth-order valence-corrected chi connectivity index (χ4v) is 5.79. The smallest absolute Gasteiger partial charge is 0.312 e. The Kier molecular flexibility index (Phi) is 4.30. The maximum atomic E-state index is 12.8. The molecular weight excluding hydrogens is 330 g/mol. The Morgan fingerprint density at radius 3 is 2.42 bits per heavy atom. The molecule has 0 saturated heterocycles. The second-order valence-electron chi connectivity index (χ2n) is 8.78. The van der Waals surface area contributed by atoms with Gasteiger partial charge in [-0.1, -0.05) is 30.3 Å². The lowest BCUT2D eigenvalue weighted by Gasteiger charge is -2.58. The fraction of sp³-hybridized carbons (Fsp3) is 0.619.